The molecule has 4 heteroatoms. The molecule has 1 aromatic heterocycles. The average Bonchev–Trinajstić information content (AvgIpc) is 2.81. The second-order valence-electron chi connectivity index (χ2n) is 4.98. The van der Waals surface area contributed by atoms with Crippen molar-refractivity contribution in [1.29, 1.82) is 5.41 Å². The molecule has 3 aromatic rings. The molecular formula is C17H18ClN3. The number of anilines is 1. The van der Waals surface area contributed by atoms with Gasteiger partial charge in [-0.1, -0.05) is 34.9 Å². The van der Waals surface area contributed by atoms with Crippen LogP contribution in [0.3, 0.4) is 0 Å². The van der Waals surface area contributed by atoms with Crippen molar-refractivity contribution in [3.8, 4) is 0 Å². The first-order valence-corrected chi connectivity index (χ1v) is 6.99. The van der Waals surface area contributed by atoms with E-state index in [-0.39, 0.29) is 0 Å². The highest BCUT2D eigenvalue weighted by atomic mass is 35.5. The summed E-state index contributed by atoms with van der Waals surface area (Å²) in [7, 11) is 0. The minimum Gasteiger partial charge on any atom is -0.398 e. The Bertz CT molecular complexity index is 775. The highest BCUT2D eigenvalue weighted by Crippen LogP contribution is 2.19. The van der Waals surface area contributed by atoms with Crippen LogP contribution in [0.15, 0.2) is 42.5 Å². The Labute approximate surface area is 129 Å². The normalized spacial score (nSPS) is 10.0. The van der Waals surface area contributed by atoms with E-state index < -0.39 is 0 Å². The molecule has 0 bridgehead atoms. The van der Waals surface area contributed by atoms with Crippen LogP contribution in [0.2, 0.25) is 5.15 Å². The number of hydrogen-bond acceptors (Lipinski definition) is 2. The van der Waals surface area contributed by atoms with Crippen LogP contribution >= 0.6 is 11.6 Å². The zero-order valence-corrected chi connectivity index (χ0v) is 12.8. The molecule has 0 spiro atoms. The second kappa shape index (κ2) is 6.46. The molecule has 0 atom stereocenters. The summed E-state index contributed by atoms with van der Waals surface area (Å²) in [5.74, 6) is 0. The van der Waals surface area contributed by atoms with E-state index in [2.05, 4.69) is 24.0 Å². The summed E-state index contributed by atoms with van der Waals surface area (Å²) in [6.45, 7) is 4.05. The third-order valence-electron chi connectivity index (χ3n) is 3.14. The number of aromatic nitrogens is 1. The van der Waals surface area contributed by atoms with Crippen molar-refractivity contribution in [3.63, 3.8) is 0 Å². The smallest absolute Gasteiger partial charge is 0.107 e. The summed E-state index contributed by atoms with van der Waals surface area (Å²) in [6.07, 6.45) is 1.27. The van der Waals surface area contributed by atoms with Gasteiger partial charge < -0.3 is 16.1 Å². The van der Waals surface area contributed by atoms with Crippen LogP contribution in [0.5, 0.6) is 0 Å². The zero-order valence-electron chi connectivity index (χ0n) is 12.1. The van der Waals surface area contributed by atoms with Crippen molar-refractivity contribution in [1.82, 2.24) is 4.98 Å². The Kier molecular flexibility index (Phi) is 4.66. The van der Waals surface area contributed by atoms with E-state index in [1.54, 1.807) is 0 Å². The van der Waals surface area contributed by atoms with E-state index in [0.29, 0.717) is 10.8 Å². The summed E-state index contributed by atoms with van der Waals surface area (Å²) in [4.78, 5) is 3.05. The third-order valence-corrected chi connectivity index (χ3v) is 3.34. The number of H-pyrrole nitrogens is 1. The molecule has 0 saturated carbocycles. The predicted octanol–water partition coefficient (Wildman–Crippen LogP) is 4.70. The number of benzene rings is 2. The van der Waals surface area contributed by atoms with Crippen LogP contribution < -0.4 is 5.73 Å². The Hall–Kier alpha value is -2.26. The number of hydrogen-bond donors (Lipinski definition) is 3. The first kappa shape index (κ1) is 15.1. The van der Waals surface area contributed by atoms with Crippen LogP contribution in [0.25, 0.3) is 10.9 Å². The number of nitrogens with two attached hydrogens (primary N) is 1. The van der Waals surface area contributed by atoms with Gasteiger partial charge in [0, 0.05) is 28.4 Å². The lowest BCUT2D eigenvalue weighted by molar-refractivity contribution is 1.45. The van der Waals surface area contributed by atoms with Crippen molar-refractivity contribution in [2.75, 3.05) is 5.73 Å². The summed E-state index contributed by atoms with van der Waals surface area (Å²) in [6, 6.07) is 13.8. The average molecular weight is 300 g/mol. The molecule has 0 unspecified atom stereocenters. The summed E-state index contributed by atoms with van der Waals surface area (Å²) in [5.41, 5.74) is 10.5. The summed E-state index contributed by atoms with van der Waals surface area (Å²) in [5, 5.41) is 8.85. The van der Waals surface area contributed by atoms with Gasteiger partial charge >= 0.3 is 0 Å². The standard InChI is InChI=1S/C9H8ClN.C8H10N2/c1-6-2-3-8-7(4-6)5-9(10)11-8;1-6-2-3-8(10)7(4-6)5-9/h2-5,11H,1H3;2-5,9H,10H2,1H3. The molecule has 21 heavy (non-hydrogen) atoms. The van der Waals surface area contributed by atoms with E-state index in [9.17, 15) is 0 Å². The summed E-state index contributed by atoms with van der Waals surface area (Å²) < 4.78 is 0. The molecule has 3 nitrogen and oxygen atoms in total. The molecule has 4 N–H and O–H groups in total. The fourth-order valence-electron chi connectivity index (χ4n) is 2.04. The fourth-order valence-corrected chi connectivity index (χ4v) is 2.26. The number of halogens is 1. The van der Waals surface area contributed by atoms with Crippen molar-refractivity contribution in [2.24, 2.45) is 0 Å². The quantitative estimate of drug-likeness (QED) is 0.442. The number of nitrogens with one attached hydrogen (secondary N) is 2. The molecule has 0 aliphatic heterocycles. The van der Waals surface area contributed by atoms with Crippen molar-refractivity contribution >= 4 is 34.4 Å². The molecule has 0 fully saturated rings. The molecule has 0 radical (unpaired) electrons. The number of nitrogen functional groups attached to an aromatic ring is 1. The third kappa shape index (κ3) is 3.86. The SMILES string of the molecule is Cc1ccc(N)c(C=N)c1.Cc1ccc2[nH]c(Cl)cc2c1. The number of fused-ring (bicyclic) bond motifs is 1. The molecule has 0 aliphatic carbocycles. The monoisotopic (exact) mass is 299 g/mol. The summed E-state index contributed by atoms with van der Waals surface area (Å²) >= 11 is 5.78. The Morgan fingerprint density at radius 3 is 2.38 bits per heavy atom. The zero-order chi connectivity index (χ0) is 15.4. The minimum absolute atomic E-state index is 0.667. The van der Waals surface area contributed by atoms with Gasteiger partial charge in [0.25, 0.3) is 0 Å². The molecule has 108 valence electrons. The van der Waals surface area contributed by atoms with Crippen LogP contribution in [0, 0.1) is 19.3 Å². The Balaban J connectivity index is 0.000000155. The van der Waals surface area contributed by atoms with E-state index in [1.165, 1.54) is 17.2 Å². The van der Waals surface area contributed by atoms with E-state index >= 15 is 0 Å². The number of aryl methyl sites for hydroxylation is 2. The van der Waals surface area contributed by atoms with Crippen molar-refractivity contribution in [3.05, 3.63) is 64.3 Å². The largest absolute Gasteiger partial charge is 0.398 e. The van der Waals surface area contributed by atoms with Gasteiger partial charge in [-0.05, 0) is 44.2 Å². The van der Waals surface area contributed by atoms with Crippen LogP contribution in [-0.4, -0.2) is 11.2 Å². The highest BCUT2D eigenvalue weighted by molar-refractivity contribution is 6.30. The van der Waals surface area contributed by atoms with Gasteiger partial charge in [-0.25, -0.2) is 0 Å². The maximum atomic E-state index is 6.98. The molecule has 0 saturated heterocycles. The topological polar surface area (TPSA) is 65.7 Å². The van der Waals surface area contributed by atoms with Gasteiger partial charge in [-0.15, -0.1) is 0 Å². The fraction of sp³-hybridized carbons (Fsp3) is 0.118. The van der Waals surface area contributed by atoms with Gasteiger partial charge in [0.1, 0.15) is 5.15 Å². The Morgan fingerprint density at radius 1 is 1.05 bits per heavy atom. The van der Waals surface area contributed by atoms with E-state index in [0.717, 1.165) is 16.6 Å². The van der Waals surface area contributed by atoms with E-state index in [1.807, 2.05) is 37.3 Å². The molecule has 1 heterocycles. The maximum Gasteiger partial charge on any atom is 0.107 e. The van der Waals surface area contributed by atoms with Gasteiger partial charge in [-0.2, -0.15) is 0 Å². The lowest BCUT2D eigenvalue weighted by Crippen LogP contribution is -1.92. The van der Waals surface area contributed by atoms with E-state index in [4.69, 9.17) is 22.7 Å². The molecule has 0 aliphatic rings. The maximum absolute atomic E-state index is 6.98. The van der Waals surface area contributed by atoms with Gasteiger partial charge in [-0.3, -0.25) is 0 Å². The lowest BCUT2D eigenvalue weighted by Gasteiger charge is -1.98. The van der Waals surface area contributed by atoms with Gasteiger partial charge in [0.2, 0.25) is 0 Å². The highest BCUT2D eigenvalue weighted by Gasteiger charge is 1.96. The minimum atomic E-state index is 0.667. The molecule has 2 aromatic carbocycles. The molecule has 0 amide bonds. The second-order valence-corrected chi connectivity index (χ2v) is 5.39. The van der Waals surface area contributed by atoms with Crippen LogP contribution in [0.4, 0.5) is 5.69 Å². The van der Waals surface area contributed by atoms with Crippen LogP contribution in [0.1, 0.15) is 16.7 Å². The van der Waals surface area contributed by atoms with Gasteiger partial charge in [0.15, 0.2) is 0 Å². The molecular weight excluding hydrogens is 282 g/mol. The van der Waals surface area contributed by atoms with Crippen LogP contribution in [-0.2, 0) is 0 Å². The predicted molar refractivity (Wildman–Crippen MR) is 91.5 cm³/mol. The number of aromatic amines is 1. The first-order valence-electron chi connectivity index (χ1n) is 6.61. The number of rotatable bonds is 1. The van der Waals surface area contributed by atoms with Gasteiger partial charge in [0.05, 0.1) is 0 Å². The molecule has 3 rings (SSSR count). The first-order chi connectivity index (χ1) is 9.99. The Morgan fingerprint density at radius 2 is 1.71 bits per heavy atom. The van der Waals surface area contributed by atoms with Crippen molar-refractivity contribution in [2.45, 2.75) is 13.8 Å². The lowest BCUT2D eigenvalue weighted by atomic mass is 10.1. The van der Waals surface area contributed by atoms with Crippen molar-refractivity contribution < 1.29 is 0 Å².